The topological polar surface area (TPSA) is 22.6 Å². The van der Waals surface area contributed by atoms with Crippen molar-refractivity contribution in [1.29, 1.82) is 0 Å². The van der Waals surface area contributed by atoms with Gasteiger partial charge in [-0.15, -0.1) is 0 Å². The van der Waals surface area contributed by atoms with Crippen molar-refractivity contribution in [1.82, 2.24) is 14.8 Å². The number of nitrogens with zero attached hydrogens (tertiary/aromatic N) is 4. The van der Waals surface area contributed by atoms with Crippen LogP contribution in [0.5, 0.6) is 0 Å². The number of piperidine rings is 1. The first-order valence-corrected chi connectivity index (χ1v) is 10.6. The molecule has 2 aliphatic heterocycles. The fourth-order valence-electron chi connectivity index (χ4n) is 4.00. The number of anilines is 1. The molecule has 0 radical (unpaired) electrons. The second kappa shape index (κ2) is 7.60. The largest absolute Gasteiger partial charge is 0.345 e. The van der Waals surface area contributed by atoms with Gasteiger partial charge in [0.05, 0.1) is 10.2 Å². The lowest BCUT2D eigenvalue weighted by Crippen LogP contribution is -2.48. The highest BCUT2D eigenvalue weighted by Gasteiger charge is 2.21. The maximum atomic E-state index is 4.91. The lowest BCUT2D eigenvalue weighted by atomic mass is 10.1. The number of fused-ring (bicyclic) bond motifs is 1. The Hall–Kier alpha value is -1.17. The van der Waals surface area contributed by atoms with Gasteiger partial charge in [0.2, 0.25) is 0 Å². The lowest BCUT2D eigenvalue weighted by Gasteiger charge is -2.36. The van der Waals surface area contributed by atoms with Gasteiger partial charge in [-0.3, -0.25) is 9.80 Å². The van der Waals surface area contributed by atoms with Crippen LogP contribution in [-0.4, -0.2) is 60.1 Å². The number of piperazine rings is 1. The predicted molar refractivity (Wildman–Crippen MR) is 108 cm³/mol. The molecule has 1 aromatic heterocycles. The Kier molecular flexibility index (Phi) is 5.25. The average molecular weight is 359 g/mol. The van der Waals surface area contributed by atoms with Crippen molar-refractivity contribution in [3.63, 3.8) is 0 Å². The molecule has 1 aromatic carbocycles. The number of hydrogen-bond acceptors (Lipinski definition) is 5. The van der Waals surface area contributed by atoms with Crippen LogP contribution in [0.25, 0.3) is 10.2 Å². The zero-order valence-electron chi connectivity index (χ0n) is 15.6. The Morgan fingerprint density at radius 1 is 1.00 bits per heavy atom. The monoisotopic (exact) mass is 358 g/mol. The van der Waals surface area contributed by atoms with Crippen LogP contribution in [0.4, 0.5) is 5.13 Å². The van der Waals surface area contributed by atoms with E-state index >= 15 is 0 Å². The standard InChI is InChI=1S/C20H30N4S/c1-16(2)23-10-12-24(13-11-23)20-21-18-7-6-17(14-19(18)25-20)15-22-8-4-3-5-9-22/h6-7,14,16H,3-5,8-13,15H2,1-2H3. The number of likely N-dealkylation sites (tertiary alicyclic amines) is 1. The highest BCUT2D eigenvalue weighted by molar-refractivity contribution is 7.22. The molecule has 5 heteroatoms. The van der Waals surface area contributed by atoms with Gasteiger partial charge in [-0.25, -0.2) is 4.98 Å². The van der Waals surface area contributed by atoms with Crippen LogP contribution in [0.2, 0.25) is 0 Å². The zero-order chi connectivity index (χ0) is 17.2. The number of hydrogen-bond donors (Lipinski definition) is 0. The van der Waals surface area contributed by atoms with E-state index in [1.165, 1.54) is 47.7 Å². The minimum atomic E-state index is 0.648. The Morgan fingerprint density at radius 2 is 1.76 bits per heavy atom. The first-order valence-electron chi connectivity index (χ1n) is 9.80. The second-order valence-electron chi connectivity index (χ2n) is 7.75. The third-order valence-corrected chi connectivity index (χ3v) is 6.69. The third-order valence-electron chi connectivity index (χ3n) is 5.61. The van der Waals surface area contributed by atoms with Crippen LogP contribution < -0.4 is 4.90 Å². The molecular weight excluding hydrogens is 328 g/mol. The fourth-order valence-corrected chi connectivity index (χ4v) is 5.08. The van der Waals surface area contributed by atoms with Crippen LogP contribution in [-0.2, 0) is 6.54 Å². The van der Waals surface area contributed by atoms with E-state index in [1.54, 1.807) is 0 Å². The maximum Gasteiger partial charge on any atom is 0.186 e. The van der Waals surface area contributed by atoms with E-state index in [-0.39, 0.29) is 0 Å². The van der Waals surface area contributed by atoms with Crippen molar-refractivity contribution in [3.05, 3.63) is 23.8 Å². The summed E-state index contributed by atoms with van der Waals surface area (Å²) in [7, 11) is 0. The van der Waals surface area contributed by atoms with Crippen molar-refractivity contribution in [2.24, 2.45) is 0 Å². The van der Waals surface area contributed by atoms with E-state index in [2.05, 4.69) is 46.7 Å². The number of benzene rings is 1. The molecule has 2 fully saturated rings. The molecule has 0 unspecified atom stereocenters. The smallest absolute Gasteiger partial charge is 0.186 e. The van der Waals surface area contributed by atoms with Crippen LogP contribution in [0, 0.1) is 0 Å². The molecule has 136 valence electrons. The van der Waals surface area contributed by atoms with Crippen LogP contribution in [0.15, 0.2) is 18.2 Å². The van der Waals surface area contributed by atoms with Crippen molar-refractivity contribution in [2.75, 3.05) is 44.2 Å². The second-order valence-corrected chi connectivity index (χ2v) is 8.76. The molecule has 0 amide bonds. The van der Waals surface area contributed by atoms with Gasteiger partial charge in [0.1, 0.15) is 0 Å². The van der Waals surface area contributed by atoms with Gasteiger partial charge in [0.25, 0.3) is 0 Å². The van der Waals surface area contributed by atoms with Crippen molar-refractivity contribution in [2.45, 2.75) is 45.7 Å². The molecule has 4 rings (SSSR count). The van der Waals surface area contributed by atoms with Crippen LogP contribution in [0.1, 0.15) is 38.7 Å². The summed E-state index contributed by atoms with van der Waals surface area (Å²) in [5.74, 6) is 0. The van der Waals surface area contributed by atoms with Crippen molar-refractivity contribution >= 4 is 26.7 Å². The molecule has 2 saturated heterocycles. The molecule has 0 N–H and O–H groups in total. The molecule has 0 atom stereocenters. The summed E-state index contributed by atoms with van der Waals surface area (Å²) in [6.45, 7) is 12.7. The molecule has 0 aliphatic carbocycles. The van der Waals surface area contributed by atoms with Gasteiger partial charge < -0.3 is 4.90 Å². The summed E-state index contributed by atoms with van der Waals surface area (Å²) in [5, 5.41) is 1.20. The molecule has 25 heavy (non-hydrogen) atoms. The molecule has 2 aliphatic rings. The lowest BCUT2D eigenvalue weighted by molar-refractivity contribution is 0.209. The normalized spacial score (nSPS) is 20.7. The molecule has 2 aromatic rings. The molecule has 0 saturated carbocycles. The van der Waals surface area contributed by atoms with Gasteiger partial charge in [-0.05, 0) is 57.5 Å². The highest BCUT2D eigenvalue weighted by atomic mass is 32.1. The summed E-state index contributed by atoms with van der Waals surface area (Å²) in [4.78, 5) is 12.5. The number of thiazole rings is 1. The summed E-state index contributed by atoms with van der Waals surface area (Å²) in [6, 6.07) is 7.51. The summed E-state index contributed by atoms with van der Waals surface area (Å²) in [5.41, 5.74) is 2.60. The van der Waals surface area contributed by atoms with Crippen molar-refractivity contribution < 1.29 is 0 Å². The fraction of sp³-hybridized carbons (Fsp3) is 0.650. The molecule has 0 spiro atoms. The van der Waals surface area contributed by atoms with Gasteiger partial charge in [-0.1, -0.05) is 23.8 Å². The van der Waals surface area contributed by atoms with E-state index in [4.69, 9.17) is 4.98 Å². The maximum absolute atomic E-state index is 4.91. The Bertz CT molecular complexity index is 697. The quantitative estimate of drug-likeness (QED) is 0.829. The molecule has 0 bridgehead atoms. The van der Waals surface area contributed by atoms with Gasteiger partial charge in [-0.2, -0.15) is 0 Å². The Balaban J connectivity index is 1.45. The van der Waals surface area contributed by atoms with Gasteiger partial charge in [0.15, 0.2) is 5.13 Å². The third kappa shape index (κ3) is 3.99. The minimum Gasteiger partial charge on any atom is -0.345 e. The van der Waals surface area contributed by atoms with Gasteiger partial charge in [0, 0.05) is 38.8 Å². The van der Waals surface area contributed by atoms with E-state index < -0.39 is 0 Å². The Labute approximate surface area is 155 Å². The number of aromatic nitrogens is 1. The highest BCUT2D eigenvalue weighted by Crippen LogP contribution is 2.30. The van der Waals surface area contributed by atoms with Crippen molar-refractivity contribution in [3.8, 4) is 0 Å². The van der Waals surface area contributed by atoms with Crippen LogP contribution in [0.3, 0.4) is 0 Å². The zero-order valence-corrected chi connectivity index (χ0v) is 16.4. The molecule has 3 heterocycles. The van der Waals surface area contributed by atoms with Crippen LogP contribution >= 0.6 is 11.3 Å². The summed E-state index contributed by atoms with van der Waals surface area (Å²) < 4.78 is 1.34. The van der Waals surface area contributed by atoms with E-state index in [0.717, 1.165) is 38.2 Å². The SMILES string of the molecule is CC(C)N1CCN(c2nc3ccc(CN4CCCCC4)cc3s2)CC1. The average Bonchev–Trinajstić information content (AvgIpc) is 3.06. The van der Waals surface area contributed by atoms with E-state index in [1.807, 2.05) is 11.3 Å². The molecule has 4 nitrogen and oxygen atoms in total. The summed E-state index contributed by atoms with van der Waals surface area (Å²) >= 11 is 1.87. The van der Waals surface area contributed by atoms with E-state index in [9.17, 15) is 0 Å². The Morgan fingerprint density at radius 3 is 2.48 bits per heavy atom. The first kappa shape index (κ1) is 17.3. The van der Waals surface area contributed by atoms with Gasteiger partial charge >= 0.3 is 0 Å². The van der Waals surface area contributed by atoms with E-state index in [0.29, 0.717) is 6.04 Å². The molecular formula is C20H30N4S. The predicted octanol–water partition coefficient (Wildman–Crippen LogP) is 3.81. The number of rotatable bonds is 4. The summed E-state index contributed by atoms with van der Waals surface area (Å²) in [6.07, 6.45) is 4.11. The minimum absolute atomic E-state index is 0.648. The first-order chi connectivity index (χ1) is 12.2.